The zero-order valence-corrected chi connectivity index (χ0v) is 12.3. The van der Waals surface area contributed by atoms with Gasteiger partial charge in [0.25, 0.3) is 10.0 Å². The standard InChI is InChI=1S/C8H12BrClN4O2S/c1-13-8(7(9)11-12-13)17(15,16)14-3-2-6(4-10)5-14/h6H,2-5H2,1H3. The van der Waals surface area contributed by atoms with Crippen LogP contribution in [0.25, 0.3) is 0 Å². The van der Waals surface area contributed by atoms with Gasteiger partial charge in [-0.15, -0.1) is 16.7 Å². The van der Waals surface area contributed by atoms with Crippen LogP contribution in [0.3, 0.4) is 0 Å². The minimum absolute atomic E-state index is 0.0905. The van der Waals surface area contributed by atoms with Gasteiger partial charge in [-0.2, -0.15) is 4.31 Å². The smallest absolute Gasteiger partial charge is 0.235 e. The molecule has 1 atom stereocenters. The van der Waals surface area contributed by atoms with Crippen molar-refractivity contribution < 1.29 is 8.42 Å². The molecule has 1 unspecified atom stereocenters. The van der Waals surface area contributed by atoms with Crippen LogP contribution in [-0.2, 0) is 17.1 Å². The molecule has 9 heteroatoms. The van der Waals surface area contributed by atoms with Crippen molar-refractivity contribution in [3.8, 4) is 0 Å². The Labute approximate surface area is 113 Å². The number of hydrogen-bond donors (Lipinski definition) is 0. The predicted molar refractivity (Wildman–Crippen MR) is 66.3 cm³/mol. The van der Waals surface area contributed by atoms with E-state index in [9.17, 15) is 8.42 Å². The van der Waals surface area contributed by atoms with E-state index in [-0.39, 0.29) is 15.5 Å². The van der Waals surface area contributed by atoms with Gasteiger partial charge >= 0.3 is 0 Å². The second-order valence-corrected chi connectivity index (χ2v) is 6.89. The average Bonchev–Trinajstić information content (AvgIpc) is 2.85. The number of nitrogens with zero attached hydrogens (tertiary/aromatic N) is 4. The van der Waals surface area contributed by atoms with Gasteiger partial charge < -0.3 is 0 Å². The summed E-state index contributed by atoms with van der Waals surface area (Å²) in [6.07, 6.45) is 0.797. The molecule has 0 aromatic carbocycles. The zero-order valence-electron chi connectivity index (χ0n) is 9.18. The molecular formula is C8H12BrClN4O2S. The summed E-state index contributed by atoms with van der Waals surface area (Å²) in [5.74, 6) is 0.711. The maximum atomic E-state index is 12.4. The first-order chi connectivity index (χ1) is 7.96. The normalized spacial score (nSPS) is 22.2. The molecule has 6 nitrogen and oxygen atoms in total. The molecule has 1 aliphatic rings. The lowest BCUT2D eigenvalue weighted by atomic mass is 10.2. The van der Waals surface area contributed by atoms with Crippen molar-refractivity contribution in [2.45, 2.75) is 11.4 Å². The summed E-state index contributed by atoms with van der Waals surface area (Å²) in [5, 5.41) is 7.46. The molecule has 17 heavy (non-hydrogen) atoms. The molecule has 1 aromatic heterocycles. The largest absolute Gasteiger partial charge is 0.263 e. The van der Waals surface area contributed by atoms with E-state index in [4.69, 9.17) is 11.6 Å². The molecule has 1 aliphatic heterocycles. The van der Waals surface area contributed by atoms with Crippen LogP contribution in [0.1, 0.15) is 6.42 Å². The summed E-state index contributed by atoms with van der Waals surface area (Å²) < 4.78 is 27.6. The maximum Gasteiger partial charge on any atom is 0.263 e. The fraction of sp³-hybridized carbons (Fsp3) is 0.750. The highest BCUT2D eigenvalue weighted by Crippen LogP contribution is 2.27. The molecule has 1 saturated heterocycles. The molecule has 0 saturated carbocycles. The molecule has 0 radical (unpaired) electrons. The number of aromatic nitrogens is 3. The first-order valence-electron chi connectivity index (χ1n) is 5.08. The number of aryl methyl sites for hydroxylation is 1. The second kappa shape index (κ2) is 4.83. The zero-order chi connectivity index (χ0) is 12.6. The quantitative estimate of drug-likeness (QED) is 0.762. The lowest BCUT2D eigenvalue weighted by molar-refractivity contribution is 0.455. The van der Waals surface area contributed by atoms with Crippen molar-refractivity contribution in [3.63, 3.8) is 0 Å². The molecule has 1 fully saturated rings. The van der Waals surface area contributed by atoms with Crippen molar-refractivity contribution in [3.05, 3.63) is 4.60 Å². The lowest BCUT2D eigenvalue weighted by Crippen LogP contribution is -2.30. The monoisotopic (exact) mass is 342 g/mol. The van der Waals surface area contributed by atoms with Crippen molar-refractivity contribution >= 4 is 37.6 Å². The molecule has 0 aliphatic carbocycles. The Balaban J connectivity index is 2.32. The molecule has 0 amide bonds. The van der Waals surface area contributed by atoms with Gasteiger partial charge in [0.15, 0.2) is 4.60 Å². The SMILES string of the molecule is Cn1nnc(Br)c1S(=O)(=O)N1CCC(CCl)C1. The third-order valence-electron chi connectivity index (χ3n) is 2.79. The van der Waals surface area contributed by atoms with Gasteiger partial charge in [-0.3, -0.25) is 0 Å². The summed E-state index contributed by atoms with van der Waals surface area (Å²) in [7, 11) is -1.98. The van der Waals surface area contributed by atoms with E-state index < -0.39 is 10.0 Å². The highest BCUT2D eigenvalue weighted by atomic mass is 79.9. The van der Waals surface area contributed by atoms with Crippen molar-refractivity contribution in [1.29, 1.82) is 0 Å². The molecule has 0 N–H and O–H groups in total. The minimum atomic E-state index is -3.53. The van der Waals surface area contributed by atoms with Crippen LogP contribution in [0.15, 0.2) is 9.63 Å². The number of hydrogen-bond acceptors (Lipinski definition) is 4. The third kappa shape index (κ3) is 2.35. The Hall–Kier alpha value is -0.180. The highest BCUT2D eigenvalue weighted by Gasteiger charge is 2.35. The Bertz CT molecular complexity index is 498. The van der Waals surface area contributed by atoms with Gasteiger partial charge in [0.05, 0.1) is 0 Å². The van der Waals surface area contributed by atoms with E-state index in [1.54, 1.807) is 7.05 Å². The van der Waals surface area contributed by atoms with E-state index >= 15 is 0 Å². The van der Waals surface area contributed by atoms with Crippen molar-refractivity contribution in [2.75, 3.05) is 19.0 Å². The Morgan fingerprint density at radius 2 is 2.29 bits per heavy atom. The Kier molecular flexibility index (Phi) is 3.77. The summed E-state index contributed by atoms with van der Waals surface area (Å²) in [5.41, 5.74) is 0. The number of halogens is 2. The minimum Gasteiger partial charge on any atom is -0.235 e. The first kappa shape index (κ1) is 13.3. The van der Waals surface area contributed by atoms with E-state index in [1.807, 2.05) is 0 Å². The molecular weight excluding hydrogens is 332 g/mol. The van der Waals surface area contributed by atoms with Crippen molar-refractivity contribution in [2.24, 2.45) is 13.0 Å². The average molecular weight is 344 g/mol. The van der Waals surface area contributed by atoms with Crippen molar-refractivity contribution in [1.82, 2.24) is 19.3 Å². The molecule has 2 heterocycles. The summed E-state index contributed by atoms with van der Waals surface area (Å²) in [4.78, 5) is 0. The van der Waals surface area contributed by atoms with Crippen LogP contribution in [0.5, 0.6) is 0 Å². The summed E-state index contributed by atoms with van der Waals surface area (Å²) in [6, 6.07) is 0. The second-order valence-electron chi connectivity index (χ2n) is 3.98. The Morgan fingerprint density at radius 3 is 2.76 bits per heavy atom. The fourth-order valence-corrected chi connectivity index (χ4v) is 4.67. The number of sulfonamides is 1. The molecule has 0 spiro atoms. The Morgan fingerprint density at radius 1 is 1.59 bits per heavy atom. The fourth-order valence-electron chi connectivity index (χ4n) is 1.86. The third-order valence-corrected chi connectivity index (χ3v) is 5.98. The van der Waals surface area contributed by atoms with E-state index in [1.165, 1.54) is 8.99 Å². The highest BCUT2D eigenvalue weighted by molar-refractivity contribution is 9.10. The van der Waals surface area contributed by atoms with Gasteiger partial charge in [0.2, 0.25) is 5.03 Å². The van der Waals surface area contributed by atoms with E-state index in [0.717, 1.165) is 6.42 Å². The maximum absolute atomic E-state index is 12.4. The predicted octanol–water partition coefficient (Wildman–Crippen LogP) is 0.827. The molecule has 0 bridgehead atoms. The van der Waals surface area contributed by atoms with Crippen LogP contribution < -0.4 is 0 Å². The van der Waals surface area contributed by atoms with Crippen LogP contribution in [0, 0.1) is 5.92 Å². The summed E-state index contributed by atoms with van der Waals surface area (Å²) >= 11 is 8.86. The van der Waals surface area contributed by atoms with Gasteiger partial charge in [-0.1, -0.05) is 5.21 Å². The van der Waals surface area contributed by atoms with Crippen LogP contribution in [0.4, 0.5) is 0 Å². The van der Waals surface area contributed by atoms with Crippen LogP contribution >= 0.6 is 27.5 Å². The molecule has 2 rings (SSSR count). The van der Waals surface area contributed by atoms with Gasteiger partial charge in [0.1, 0.15) is 0 Å². The van der Waals surface area contributed by atoms with E-state index in [2.05, 4.69) is 26.2 Å². The first-order valence-corrected chi connectivity index (χ1v) is 7.85. The molecule has 96 valence electrons. The van der Waals surface area contributed by atoms with E-state index in [0.29, 0.717) is 19.0 Å². The molecule has 1 aromatic rings. The van der Waals surface area contributed by atoms with Gasteiger partial charge in [-0.05, 0) is 28.3 Å². The van der Waals surface area contributed by atoms with Gasteiger partial charge in [-0.25, -0.2) is 13.1 Å². The number of rotatable bonds is 3. The van der Waals surface area contributed by atoms with Gasteiger partial charge in [0, 0.05) is 26.0 Å². The van der Waals surface area contributed by atoms with Crippen LogP contribution in [0.2, 0.25) is 0 Å². The lowest BCUT2D eigenvalue weighted by Gasteiger charge is -2.15. The topological polar surface area (TPSA) is 68.1 Å². The summed E-state index contributed by atoms with van der Waals surface area (Å²) in [6.45, 7) is 0.959. The number of alkyl halides is 1. The van der Waals surface area contributed by atoms with Crippen LogP contribution in [-0.4, -0.2) is 46.7 Å².